The van der Waals surface area contributed by atoms with Gasteiger partial charge in [0, 0.05) is 24.8 Å². The molecule has 3 rings (SSSR count). The molecule has 1 atom stereocenters. The normalized spacial score (nSPS) is 15.5. The Morgan fingerprint density at radius 2 is 2.00 bits per heavy atom. The molecule has 1 heterocycles. The number of aromatic carboxylic acids is 1. The summed E-state index contributed by atoms with van der Waals surface area (Å²) in [6.45, 7) is 0.111. The van der Waals surface area contributed by atoms with Crippen molar-refractivity contribution in [2.75, 3.05) is 46.2 Å². The van der Waals surface area contributed by atoms with Crippen LogP contribution in [-0.2, 0) is 16.0 Å². The molecule has 0 radical (unpaired) electrons. The van der Waals surface area contributed by atoms with Crippen molar-refractivity contribution in [3.05, 3.63) is 58.6 Å². The van der Waals surface area contributed by atoms with E-state index in [9.17, 15) is 14.4 Å². The van der Waals surface area contributed by atoms with E-state index in [4.69, 9.17) is 21.4 Å². The Hall–Kier alpha value is -3.34. The Morgan fingerprint density at radius 3 is 2.67 bits per heavy atom. The summed E-state index contributed by atoms with van der Waals surface area (Å²) in [4.78, 5) is 43.5. The summed E-state index contributed by atoms with van der Waals surface area (Å²) in [5.74, 6) is -1.16. The molecule has 0 bridgehead atoms. The largest absolute Gasteiger partial charge is 0.496 e. The number of amidine groups is 1. The van der Waals surface area contributed by atoms with Crippen LogP contribution >= 0.6 is 24.0 Å². The van der Waals surface area contributed by atoms with Crippen LogP contribution in [0.15, 0.2) is 47.5 Å². The van der Waals surface area contributed by atoms with Gasteiger partial charge in [-0.25, -0.2) is 9.80 Å². The molecule has 2 aromatic rings. The minimum atomic E-state index is -1.10. The first-order valence-corrected chi connectivity index (χ1v) is 11.3. The summed E-state index contributed by atoms with van der Waals surface area (Å²) >= 11 is 6.16. The molecular weight excluding hydrogens is 509 g/mol. The highest BCUT2D eigenvalue weighted by Gasteiger charge is 2.31. The number of hydrogen-bond acceptors (Lipinski definition) is 7. The number of nitrogens with zero attached hydrogens (tertiary/aromatic N) is 3. The van der Waals surface area contributed by atoms with Gasteiger partial charge in [0.2, 0.25) is 11.8 Å². The number of rotatable bonds is 8. The molecule has 2 amide bonds. The van der Waals surface area contributed by atoms with E-state index in [1.807, 2.05) is 0 Å². The number of carboxylic acid groups (broad SMARTS) is 1. The number of nitrogens with one attached hydrogen (secondary N) is 2. The molecule has 3 N–H and O–H groups in total. The summed E-state index contributed by atoms with van der Waals surface area (Å²) in [5, 5.41) is 14.1. The fourth-order valence-corrected chi connectivity index (χ4v) is 3.95. The van der Waals surface area contributed by atoms with Gasteiger partial charge in [0.25, 0.3) is 0 Å². The van der Waals surface area contributed by atoms with Gasteiger partial charge in [0.15, 0.2) is 0 Å². The molecule has 12 heteroatoms. The predicted molar refractivity (Wildman–Crippen MR) is 140 cm³/mol. The van der Waals surface area contributed by atoms with Gasteiger partial charge in [0.05, 0.1) is 31.7 Å². The zero-order valence-electron chi connectivity index (χ0n) is 20.2. The lowest BCUT2D eigenvalue weighted by molar-refractivity contribution is -0.137. The second-order valence-electron chi connectivity index (χ2n) is 8.28. The Bertz CT molecular complexity index is 1140. The zero-order chi connectivity index (χ0) is 25.5. The molecule has 0 fully saturated rings. The van der Waals surface area contributed by atoms with Crippen LogP contribution in [0.5, 0.6) is 5.75 Å². The summed E-state index contributed by atoms with van der Waals surface area (Å²) in [5.41, 5.74) is 4.23. The molecule has 2 aromatic carbocycles. The Kier molecular flexibility index (Phi) is 10.5. The van der Waals surface area contributed by atoms with Crippen molar-refractivity contribution in [2.45, 2.75) is 6.42 Å². The first-order valence-electron chi connectivity index (χ1n) is 10.9. The van der Waals surface area contributed by atoms with Gasteiger partial charge in [-0.15, -0.1) is 12.4 Å². The van der Waals surface area contributed by atoms with E-state index < -0.39 is 17.8 Å². The summed E-state index contributed by atoms with van der Waals surface area (Å²) < 4.78 is 5.42. The molecule has 0 aliphatic carbocycles. The van der Waals surface area contributed by atoms with Gasteiger partial charge >= 0.3 is 5.97 Å². The number of ether oxygens (including phenoxy) is 1. The quantitative estimate of drug-likeness (QED) is 0.442. The number of carboxylic acids is 1. The topological polar surface area (TPSA) is 124 Å². The van der Waals surface area contributed by atoms with Gasteiger partial charge in [-0.3, -0.25) is 14.6 Å². The maximum Gasteiger partial charge on any atom is 0.335 e. The highest BCUT2D eigenvalue weighted by molar-refractivity contribution is 6.30. The number of methoxy groups -OCH3 is 1. The van der Waals surface area contributed by atoms with Crippen LogP contribution in [0.1, 0.15) is 15.9 Å². The summed E-state index contributed by atoms with van der Waals surface area (Å²) in [6, 6.07) is 11.1. The number of carbonyl (C=O) groups excluding carboxylic acids is 2. The first-order chi connectivity index (χ1) is 16.7. The average molecular weight is 538 g/mol. The number of hydrazine groups is 1. The van der Waals surface area contributed by atoms with Crippen LogP contribution in [0.25, 0.3) is 0 Å². The Morgan fingerprint density at radius 1 is 1.25 bits per heavy atom. The fraction of sp³-hybridized carbons (Fsp3) is 0.333. The van der Waals surface area contributed by atoms with Gasteiger partial charge < -0.3 is 25.5 Å². The third-order valence-electron chi connectivity index (χ3n) is 5.29. The van der Waals surface area contributed by atoms with Gasteiger partial charge in [-0.1, -0.05) is 17.7 Å². The average Bonchev–Trinajstić information content (AvgIpc) is 2.93. The van der Waals surface area contributed by atoms with E-state index in [0.717, 1.165) is 5.56 Å². The van der Waals surface area contributed by atoms with Crippen LogP contribution in [0.2, 0.25) is 5.02 Å². The van der Waals surface area contributed by atoms with Crippen molar-refractivity contribution in [3.63, 3.8) is 0 Å². The molecule has 0 saturated heterocycles. The highest BCUT2D eigenvalue weighted by Crippen LogP contribution is 2.26. The number of amides is 2. The lowest BCUT2D eigenvalue weighted by Gasteiger charge is -2.25. The molecule has 194 valence electrons. The van der Waals surface area contributed by atoms with Crippen molar-refractivity contribution in [1.29, 1.82) is 0 Å². The molecule has 0 saturated carbocycles. The number of carbonyl (C=O) groups is 3. The molecular formula is C24H29Cl2N5O5. The predicted octanol–water partition coefficient (Wildman–Crippen LogP) is 2.57. The maximum absolute atomic E-state index is 13.5. The maximum atomic E-state index is 13.5. The molecule has 1 aliphatic heterocycles. The summed E-state index contributed by atoms with van der Waals surface area (Å²) in [6.07, 6.45) is 0.333. The number of anilines is 1. The third-order valence-corrected chi connectivity index (χ3v) is 5.53. The van der Waals surface area contributed by atoms with Crippen LogP contribution in [0, 0.1) is 5.92 Å². The molecule has 0 unspecified atom stereocenters. The van der Waals surface area contributed by atoms with Crippen LogP contribution < -0.4 is 15.5 Å². The second kappa shape index (κ2) is 13.1. The number of aliphatic imine (C=N–C) groups is 1. The lowest BCUT2D eigenvalue weighted by Crippen LogP contribution is -2.47. The molecule has 0 spiro atoms. The highest BCUT2D eigenvalue weighted by atomic mass is 35.5. The Labute approximate surface area is 220 Å². The zero-order valence-corrected chi connectivity index (χ0v) is 21.7. The monoisotopic (exact) mass is 537 g/mol. The standard InChI is InChI=1S/C24H28ClN5O5.ClH/c1-29(2)28-21-13-30(14-22(31)27-19-6-4-5-15(11-19)24(33)34)23(32)17(12-26-21)9-16-10-18(25)7-8-20(16)35-3;/h4-8,10-11,17H,9,12-14H2,1-3H3,(H,26,28)(H,27,31)(H,33,34);1H/t17-;/m1./s1. The van der Waals surface area contributed by atoms with Crippen molar-refractivity contribution < 1.29 is 24.2 Å². The van der Waals surface area contributed by atoms with E-state index >= 15 is 0 Å². The molecule has 1 aliphatic rings. The van der Waals surface area contributed by atoms with Crippen LogP contribution in [0.3, 0.4) is 0 Å². The second-order valence-corrected chi connectivity index (χ2v) is 8.72. The number of halogens is 2. The lowest BCUT2D eigenvalue weighted by atomic mass is 9.97. The third kappa shape index (κ3) is 7.84. The van der Waals surface area contributed by atoms with Crippen molar-refractivity contribution in [1.82, 2.24) is 15.3 Å². The van der Waals surface area contributed by atoms with Gasteiger partial charge in [-0.05, 0) is 48.4 Å². The van der Waals surface area contributed by atoms with Crippen LogP contribution in [-0.4, -0.2) is 79.5 Å². The Balaban J connectivity index is 0.00000456. The van der Waals surface area contributed by atoms with Gasteiger partial charge in [-0.2, -0.15) is 0 Å². The molecule has 0 aromatic heterocycles. The smallest absolute Gasteiger partial charge is 0.335 e. The van der Waals surface area contributed by atoms with E-state index in [1.54, 1.807) is 50.5 Å². The number of benzene rings is 2. The SMILES string of the molecule is COc1ccc(Cl)cc1C[C@@H]1CN=C(NN(C)C)CN(CC(=O)Nc2cccc(C(=O)O)c2)C1=O.Cl. The van der Waals surface area contributed by atoms with E-state index in [0.29, 0.717) is 28.7 Å². The first kappa shape index (κ1) is 28.9. The van der Waals surface area contributed by atoms with E-state index in [2.05, 4.69) is 15.7 Å². The van der Waals surface area contributed by atoms with Gasteiger partial charge in [0.1, 0.15) is 18.1 Å². The van der Waals surface area contributed by atoms with E-state index in [-0.39, 0.29) is 43.5 Å². The minimum absolute atomic E-state index is 0. The molecule has 36 heavy (non-hydrogen) atoms. The van der Waals surface area contributed by atoms with Crippen molar-refractivity contribution >= 4 is 53.3 Å². The fourth-order valence-electron chi connectivity index (χ4n) is 3.76. The van der Waals surface area contributed by atoms with E-state index in [1.165, 1.54) is 23.1 Å². The van der Waals surface area contributed by atoms with Crippen molar-refractivity contribution in [2.24, 2.45) is 10.9 Å². The molecule has 10 nitrogen and oxygen atoms in total. The minimum Gasteiger partial charge on any atom is -0.496 e. The number of hydrogen-bond donors (Lipinski definition) is 3. The van der Waals surface area contributed by atoms with Crippen molar-refractivity contribution in [3.8, 4) is 5.75 Å². The summed E-state index contributed by atoms with van der Waals surface area (Å²) in [7, 11) is 5.15. The van der Waals surface area contributed by atoms with Crippen LogP contribution in [0.4, 0.5) is 5.69 Å².